The molecule has 0 aromatic heterocycles. The molecule has 0 amide bonds. The number of hydrogen-bond donors (Lipinski definition) is 2. The summed E-state index contributed by atoms with van der Waals surface area (Å²) in [4.78, 5) is 2.57. The van der Waals surface area contributed by atoms with Crippen molar-refractivity contribution in [3.05, 3.63) is 29.3 Å². The molecule has 1 fully saturated rings. The van der Waals surface area contributed by atoms with Crippen LogP contribution in [0.3, 0.4) is 0 Å². The minimum Gasteiger partial charge on any atom is -0.496 e. The van der Waals surface area contributed by atoms with Crippen LogP contribution in [0.15, 0.2) is 18.2 Å². The van der Waals surface area contributed by atoms with Crippen molar-refractivity contribution < 1.29 is 9.84 Å². The number of aliphatic hydroxyl groups excluding tert-OH is 1. The van der Waals surface area contributed by atoms with Gasteiger partial charge in [-0.3, -0.25) is 4.90 Å². The molecule has 1 aromatic rings. The van der Waals surface area contributed by atoms with E-state index in [1.165, 1.54) is 36.9 Å². The summed E-state index contributed by atoms with van der Waals surface area (Å²) in [6.45, 7) is 6.38. The van der Waals surface area contributed by atoms with E-state index >= 15 is 0 Å². The Labute approximate surface area is 134 Å². The molecule has 0 spiro atoms. The topological polar surface area (TPSA) is 44.7 Å². The van der Waals surface area contributed by atoms with Gasteiger partial charge in [-0.15, -0.1) is 0 Å². The summed E-state index contributed by atoms with van der Waals surface area (Å²) in [5, 5.41) is 12.1. The molecule has 4 nitrogen and oxygen atoms in total. The van der Waals surface area contributed by atoms with Gasteiger partial charge in [-0.2, -0.15) is 0 Å². The molecule has 1 unspecified atom stereocenters. The van der Waals surface area contributed by atoms with Crippen LogP contribution in [0.1, 0.15) is 43.7 Å². The van der Waals surface area contributed by atoms with Crippen LogP contribution in [-0.2, 0) is 13.1 Å². The van der Waals surface area contributed by atoms with Crippen molar-refractivity contribution in [1.29, 1.82) is 0 Å². The minimum absolute atomic E-state index is 0.233. The standard InChI is InChI=1S/C18H30N2O2/c1-15-6-3-4-10-20(15)14-16-7-8-17(18(12-16)22-2)13-19-9-5-11-21/h7-8,12,15,19,21H,3-6,9-11,13-14H2,1-2H3. The van der Waals surface area contributed by atoms with Crippen LogP contribution in [0.5, 0.6) is 5.75 Å². The third-order valence-electron chi connectivity index (χ3n) is 4.50. The van der Waals surface area contributed by atoms with Gasteiger partial charge in [0.2, 0.25) is 0 Å². The molecule has 1 saturated heterocycles. The lowest BCUT2D eigenvalue weighted by Gasteiger charge is -2.33. The molecule has 1 aliphatic rings. The second-order valence-electron chi connectivity index (χ2n) is 6.22. The zero-order valence-electron chi connectivity index (χ0n) is 14.0. The Morgan fingerprint density at radius 1 is 1.36 bits per heavy atom. The van der Waals surface area contributed by atoms with Crippen molar-refractivity contribution in [1.82, 2.24) is 10.2 Å². The second-order valence-corrected chi connectivity index (χ2v) is 6.22. The summed E-state index contributed by atoms with van der Waals surface area (Å²) < 4.78 is 5.55. The largest absolute Gasteiger partial charge is 0.496 e. The molecule has 0 bridgehead atoms. The van der Waals surface area contributed by atoms with Crippen molar-refractivity contribution in [2.45, 2.75) is 51.7 Å². The molecule has 1 aromatic carbocycles. The van der Waals surface area contributed by atoms with Gasteiger partial charge in [0, 0.05) is 31.3 Å². The van der Waals surface area contributed by atoms with Crippen molar-refractivity contribution in [2.75, 3.05) is 26.8 Å². The third kappa shape index (κ3) is 4.97. The zero-order valence-corrected chi connectivity index (χ0v) is 14.0. The number of rotatable bonds is 8. The summed E-state index contributed by atoms with van der Waals surface area (Å²) in [5.41, 5.74) is 2.50. The van der Waals surface area contributed by atoms with Gasteiger partial charge in [0.1, 0.15) is 5.75 Å². The maximum absolute atomic E-state index is 8.81. The molecule has 2 rings (SSSR count). The molecule has 1 heterocycles. The van der Waals surface area contributed by atoms with Gasteiger partial charge in [-0.05, 0) is 50.9 Å². The predicted octanol–water partition coefficient (Wildman–Crippen LogP) is 2.54. The van der Waals surface area contributed by atoms with Crippen LogP contribution in [-0.4, -0.2) is 42.9 Å². The van der Waals surface area contributed by atoms with Gasteiger partial charge < -0.3 is 15.2 Å². The first-order chi connectivity index (χ1) is 10.7. The number of piperidine rings is 1. The highest BCUT2D eigenvalue weighted by molar-refractivity contribution is 5.37. The Morgan fingerprint density at radius 2 is 2.23 bits per heavy atom. The van der Waals surface area contributed by atoms with Crippen LogP contribution in [0.4, 0.5) is 0 Å². The van der Waals surface area contributed by atoms with Crippen LogP contribution >= 0.6 is 0 Å². The fourth-order valence-electron chi connectivity index (χ4n) is 3.09. The number of ether oxygens (including phenoxy) is 1. The van der Waals surface area contributed by atoms with E-state index in [1.54, 1.807) is 7.11 Å². The first-order valence-corrected chi connectivity index (χ1v) is 8.46. The summed E-state index contributed by atoms with van der Waals surface area (Å²) in [6.07, 6.45) is 4.77. The molecule has 1 atom stereocenters. The minimum atomic E-state index is 0.233. The highest BCUT2D eigenvalue weighted by atomic mass is 16.5. The molecule has 2 N–H and O–H groups in total. The van der Waals surface area contributed by atoms with Gasteiger partial charge in [0.05, 0.1) is 7.11 Å². The Balaban J connectivity index is 1.95. The van der Waals surface area contributed by atoms with Crippen LogP contribution in [0, 0.1) is 0 Å². The number of benzene rings is 1. The molecular formula is C18H30N2O2. The average molecular weight is 306 g/mol. The second kappa shape index (κ2) is 9.13. The number of nitrogens with zero attached hydrogens (tertiary/aromatic N) is 1. The van der Waals surface area contributed by atoms with E-state index < -0.39 is 0 Å². The smallest absolute Gasteiger partial charge is 0.123 e. The van der Waals surface area contributed by atoms with Gasteiger partial charge in [0.25, 0.3) is 0 Å². The van der Waals surface area contributed by atoms with Gasteiger partial charge in [-0.1, -0.05) is 18.6 Å². The summed E-state index contributed by atoms with van der Waals surface area (Å²) in [6, 6.07) is 7.23. The molecular weight excluding hydrogens is 276 g/mol. The van der Waals surface area contributed by atoms with Gasteiger partial charge >= 0.3 is 0 Å². The van der Waals surface area contributed by atoms with Crippen LogP contribution < -0.4 is 10.1 Å². The maximum atomic E-state index is 8.81. The molecule has 124 valence electrons. The van der Waals surface area contributed by atoms with Crippen molar-refractivity contribution >= 4 is 0 Å². The van der Waals surface area contributed by atoms with Crippen molar-refractivity contribution in [2.24, 2.45) is 0 Å². The average Bonchev–Trinajstić information content (AvgIpc) is 2.54. The number of aliphatic hydroxyl groups is 1. The lowest BCUT2D eigenvalue weighted by atomic mass is 10.0. The van der Waals surface area contributed by atoms with Gasteiger partial charge in [0.15, 0.2) is 0 Å². The van der Waals surface area contributed by atoms with Crippen LogP contribution in [0.2, 0.25) is 0 Å². The van der Waals surface area contributed by atoms with Crippen LogP contribution in [0.25, 0.3) is 0 Å². The Morgan fingerprint density at radius 3 is 2.95 bits per heavy atom. The Kier molecular flexibility index (Phi) is 7.16. The molecule has 1 aliphatic heterocycles. The van der Waals surface area contributed by atoms with Gasteiger partial charge in [-0.25, -0.2) is 0 Å². The van der Waals surface area contributed by atoms with E-state index in [-0.39, 0.29) is 6.61 Å². The molecule has 0 saturated carbocycles. The first kappa shape index (κ1) is 17.3. The van der Waals surface area contributed by atoms with Crippen molar-refractivity contribution in [3.63, 3.8) is 0 Å². The molecule has 4 heteroatoms. The summed E-state index contributed by atoms with van der Waals surface area (Å²) >= 11 is 0. The van der Waals surface area contributed by atoms with E-state index in [0.29, 0.717) is 6.04 Å². The van der Waals surface area contributed by atoms with E-state index in [0.717, 1.165) is 31.8 Å². The lowest BCUT2D eigenvalue weighted by Crippen LogP contribution is -2.36. The quantitative estimate of drug-likeness (QED) is 0.725. The summed E-state index contributed by atoms with van der Waals surface area (Å²) in [7, 11) is 1.74. The SMILES string of the molecule is COc1cc(CN2CCCCC2C)ccc1CNCCCO. The maximum Gasteiger partial charge on any atom is 0.123 e. The van der Waals surface area contributed by atoms with E-state index in [2.05, 4.69) is 35.3 Å². The van der Waals surface area contributed by atoms with Crippen molar-refractivity contribution in [3.8, 4) is 5.75 Å². The third-order valence-corrected chi connectivity index (χ3v) is 4.50. The lowest BCUT2D eigenvalue weighted by molar-refractivity contribution is 0.152. The summed E-state index contributed by atoms with van der Waals surface area (Å²) in [5.74, 6) is 0.957. The Hall–Kier alpha value is -1.10. The fraction of sp³-hybridized carbons (Fsp3) is 0.667. The fourth-order valence-corrected chi connectivity index (χ4v) is 3.09. The molecule has 0 radical (unpaired) electrons. The number of methoxy groups -OCH3 is 1. The molecule has 0 aliphatic carbocycles. The highest BCUT2D eigenvalue weighted by Crippen LogP contribution is 2.24. The number of likely N-dealkylation sites (tertiary alicyclic amines) is 1. The normalized spacial score (nSPS) is 19.3. The van der Waals surface area contributed by atoms with E-state index in [9.17, 15) is 0 Å². The highest BCUT2D eigenvalue weighted by Gasteiger charge is 2.18. The number of hydrogen-bond acceptors (Lipinski definition) is 4. The number of nitrogens with one attached hydrogen (secondary N) is 1. The zero-order chi connectivity index (χ0) is 15.8. The molecule has 22 heavy (non-hydrogen) atoms. The Bertz CT molecular complexity index is 451. The first-order valence-electron chi connectivity index (χ1n) is 8.46. The van der Waals surface area contributed by atoms with E-state index in [1.807, 2.05) is 0 Å². The predicted molar refractivity (Wildman–Crippen MR) is 90.1 cm³/mol. The van der Waals surface area contributed by atoms with E-state index in [4.69, 9.17) is 9.84 Å². The monoisotopic (exact) mass is 306 g/mol.